The molecule has 1 heterocycles. The maximum Gasteiger partial charge on any atom is 0.573 e. The van der Waals surface area contributed by atoms with Crippen molar-refractivity contribution in [2.24, 2.45) is 11.8 Å². The minimum Gasteiger partial charge on any atom is -0.492 e. The van der Waals surface area contributed by atoms with Crippen LogP contribution in [0.1, 0.15) is 19.8 Å². The normalized spacial score (nSPS) is 15.5. The molecule has 1 aliphatic rings. The third-order valence-electron chi connectivity index (χ3n) is 5.41. The van der Waals surface area contributed by atoms with Gasteiger partial charge in [0.15, 0.2) is 0 Å². The molecule has 14 heteroatoms. The third-order valence-corrected chi connectivity index (χ3v) is 6.83. The Balaban J connectivity index is 1.83. The van der Waals surface area contributed by atoms with E-state index in [1.807, 2.05) is 0 Å². The zero-order chi connectivity index (χ0) is 27.2. The van der Waals surface area contributed by atoms with E-state index in [-0.39, 0.29) is 28.6 Å². The molecule has 3 N–H and O–H groups in total. The minimum absolute atomic E-state index is 0.0503. The Hall–Kier alpha value is -3.52. The highest BCUT2D eigenvalue weighted by molar-refractivity contribution is 7.92. The van der Waals surface area contributed by atoms with Crippen LogP contribution >= 0.6 is 0 Å². The summed E-state index contributed by atoms with van der Waals surface area (Å²) in [5.74, 6) is -4.57. The standard InChI is InChI=1S/C23H25F3N2O8S/c1-2-35-18-13-15(27-21(29)20(22(30)31)14-8-10-34-11-9-14)6-7-19(18)37(32,33)28-16-4-3-5-17(12-16)36-23(24,25)26/h3-7,12-14,20,28H,2,8-11H2,1H3,(H,27,29)(H,30,31). The number of carbonyl (C=O) groups is 2. The molecule has 0 radical (unpaired) electrons. The Morgan fingerprint density at radius 1 is 1.14 bits per heavy atom. The average Bonchev–Trinajstić information content (AvgIpc) is 2.78. The molecule has 0 saturated carbocycles. The Morgan fingerprint density at radius 2 is 1.84 bits per heavy atom. The number of sulfonamides is 1. The van der Waals surface area contributed by atoms with Gasteiger partial charge in [0.25, 0.3) is 10.0 Å². The molecule has 1 saturated heterocycles. The summed E-state index contributed by atoms with van der Waals surface area (Å²) in [5.41, 5.74) is -0.0892. The van der Waals surface area contributed by atoms with Gasteiger partial charge in [0.1, 0.15) is 22.3 Å². The second kappa shape index (κ2) is 11.7. The van der Waals surface area contributed by atoms with Crippen LogP contribution in [0.2, 0.25) is 0 Å². The smallest absolute Gasteiger partial charge is 0.492 e. The molecule has 1 amide bonds. The first-order valence-corrected chi connectivity index (χ1v) is 12.6. The lowest BCUT2D eigenvalue weighted by atomic mass is 9.85. The molecular weight excluding hydrogens is 521 g/mol. The number of hydrogen-bond donors (Lipinski definition) is 3. The summed E-state index contributed by atoms with van der Waals surface area (Å²) in [6, 6.07) is 7.89. The molecule has 2 aromatic carbocycles. The predicted molar refractivity (Wildman–Crippen MR) is 125 cm³/mol. The van der Waals surface area contributed by atoms with Crippen LogP contribution in [0.5, 0.6) is 11.5 Å². The van der Waals surface area contributed by atoms with Crippen molar-refractivity contribution in [2.45, 2.75) is 31.0 Å². The number of halogens is 3. The maximum absolute atomic E-state index is 13.0. The molecule has 0 aromatic heterocycles. The fourth-order valence-corrected chi connectivity index (χ4v) is 5.02. The highest BCUT2D eigenvalue weighted by atomic mass is 32.2. The van der Waals surface area contributed by atoms with Crippen molar-refractivity contribution in [3.63, 3.8) is 0 Å². The monoisotopic (exact) mass is 546 g/mol. The number of hydrogen-bond acceptors (Lipinski definition) is 7. The first kappa shape index (κ1) is 28.1. The lowest BCUT2D eigenvalue weighted by molar-refractivity contribution is -0.274. The van der Waals surface area contributed by atoms with E-state index in [0.717, 1.165) is 18.2 Å². The van der Waals surface area contributed by atoms with Crippen LogP contribution in [0.15, 0.2) is 47.4 Å². The van der Waals surface area contributed by atoms with E-state index in [4.69, 9.17) is 9.47 Å². The molecule has 202 valence electrons. The van der Waals surface area contributed by atoms with Crippen LogP contribution in [-0.2, 0) is 24.3 Å². The van der Waals surface area contributed by atoms with Gasteiger partial charge in [-0.05, 0) is 49.9 Å². The number of carboxylic acids is 1. The molecular formula is C23H25F3N2O8S. The Morgan fingerprint density at radius 3 is 2.46 bits per heavy atom. The van der Waals surface area contributed by atoms with E-state index in [9.17, 15) is 36.3 Å². The van der Waals surface area contributed by atoms with Gasteiger partial charge in [-0.15, -0.1) is 13.2 Å². The fraction of sp³-hybridized carbons (Fsp3) is 0.391. The van der Waals surface area contributed by atoms with E-state index in [2.05, 4.69) is 14.8 Å². The minimum atomic E-state index is -4.95. The maximum atomic E-state index is 13.0. The summed E-state index contributed by atoms with van der Waals surface area (Å²) in [5, 5.41) is 12.1. The average molecular weight is 547 g/mol. The van der Waals surface area contributed by atoms with Crippen molar-refractivity contribution in [3.05, 3.63) is 42.5 Å². The summed E-state index contributed by atoms with van der Waals surface area (Å²) in [6.45, 7) is 2.34. The van der Waals surface area contributed by atoms with Gasteiger partial charge >= 0.3 is 12.3 Å². The number of nitrogens with one attached hydrogen (secondary N) is 2. The number of carbonyl (C=O) groups excluding carboxylic acids is 1. The lowest BCUT2D eigenvalue weighted by Crippen LogP contribution is -2.38. The van der Waals surface area contributed by atoms with Gasteiger partial charge < -0.3 is 24.6 Å². The molecule has 0 bridgehead atoms. The van der Waals surface area contributed by atoms with Crippen molar-refractivity contribution in [3.8, 4) is 11.5 Å². The predicted octanol–water partition coefficient (Wildman–Crippen LogP) is 3.85. The molecule has 2 aromatic rings. The summed E-state index contributed by atoms with van der Waals surface area (Å²) >= 11 is 0. The number of anilines is 2. The van der Waals surface area contributed by atoms with Gasteiger partial charge in [-0.2, -0.15) is 0 Å². The van der Waals surface area contributed by atoms with Crippen molar-refractivity contribution in [2.75, 3.05) is 29.9 Å². The van der Waals surface area contributed by atoms with Crippen LogP contribution < -0.4 is 19.5 Å². The molecule has 0 aliphatic carbocycles. The number of aliphatic carboxylic acids is 1. The van der Waals surface area contributed by atoms with Crippen LogP contribution in [0.4, 0.5) is 24.5 Å². The van der Waals surface area contributed by atoms with Gasteiger partial charge in [-0.25, -0.2) is 8.42 Å². The fourth-order valence-electron chi connectivity index (χ4n) is 3.84. The number of rotatable bonds is 10. The molecule has 10 nitrogen and oxygen atoms in total. The summed E-state index contributed by atoms with van der Waals surface area (Å²) in [7, 11) is -4.35. The number of benzene rings is 2. The topological polar surface area (TPSA) is 140 Å². The number of alkyl halides is 3. The molecule has 0 spiro atoms. The highest BCUT2D eigenvalue weighted by Gasteiger charge is 2.36. The number of carboxylic acid groups (broad SMARTS) is 1. The molecule has 1 aliphatic heterocycles. The van der Waals surface area contributed by atoms with Crippen LogP contribution in [-0.4, -0.2) is 51.6 Å². The first-order valence-electron chi connectivity index (χ1n) is 11.2. The summed E-state index contributed by atoms with van der Waals surface area (Å²) < 4.78 is 80.1. The Kier molecular flexibility index (Phi) is 8.86. The van der Waals surface area contributed by atoms with E-state index >= 15 is 0 Å². The molecule has 1 unspecified atom stereocenters. The molecule has 1 atom stereocenters. The van der Waals surface area contributed by atoms with E-state index < -0.39 is 45.8 Å². The van der Waals surface area contributed by atoms with E-state index in [0.29, 0.717) is 26.1 Å². The Labute approximate surface area is 210 Å². The van der Waals surface area contributed by atoms with Gasteiger partial charge in [-0.1, -0.05) is 6.07 Å². The zero-order valence-corrected chi connectivity index (χ0v) is 20.4. The lowest BCUT2D eigenvalue weighted by Gasteiger charge is -2.26. The second-order valence-corrected chi connectivity index (χ2v) is 9.68. The largest absolute Gasteiger partial charge is 0.573 e. The number of amides is 1. The van der Waals surface area contributed by atoms with E-state index in [1.165, 1.54) is 24.3 Å². The summed E-state index contributed by atoms with van der Waals surface area (Å²) in [6.07, 6.45) is -4.14. The van der Waals surface area contributed by atoms with Gasteiger partial charge in [-0.3, -0.25) is 14.3 Å². The second-order valence-electron chi connectivity index (χ2n) is 8.03. The zero-order valence-electron chi connectivity index (χ0n) is 19.6. The van der Waals surface area contributed by atoms with Gasteiger partial charge in [0.05, 0.1) is 12.3 Å². The van der Waals surface area contributed by atoms with Crippen molar-refractivity contribution >= 4 is 33.3 Å². The van der Waals surface area contributed by atoms with Crippen molar-refractivity contribution < 1.29 is 50.5 Å². The van der Waals surface area contributed by atoms with Gasteiger partial charge in [0.2, 0.25) is 5.91 Å². The highest BCUT2D eigenvalue weighted by Crippen LogP contribution is 2.32. The summed E-state index contributed by atoms with van der Waals surface area (Å²) in [4.78, 5) is 24.2. The molecule has 1 fully saturated rings. The Bertz CT molecular complexity index is 1230. The van der Waals surface area contributed by atoms with E-state index in [1.54, 1.807) is 6.92 Å². The SMILES string of the molecule is CCOc1cc(NC(=O)C(C(=O)O)C2CCOCC2)ccc1S(=O)(=O)Nc1cccc(OC(F)(F)F)c1. The molecule has 37 heavy (non-hydrogen) atoms. The van der Waals surface area contributed by atoms with Crippen LogP contribution in [0.25, 0.3) is 0 Å². The van der Waals surface area contributed by atoms with Crippen LogP contribution in [0, 0.1) is 11.8 Å². The van der Waals surface area contributed by atoms with Crippen molar-refractivity contribution in [1.29, 1.82) is 0 Å². The molecule has 3 rings (SSSR count). The van der Waals surface area contributed by atoms with Gasteiger partial charge in [0, 0.05) is 31.0 Å². The number of ether oxygens (including phenoxy) is 3. The van der Waals surface area contributed by atoms with Crippen LogP contribution in [0.3, 0.4) is 0 Å². The first-order chi connectivity index (χ1) is 17.4. The third kappa shape index (κ3) is 7.73. The quantitative estimate of drug-likeness (QED) is 0.382. The van der Waals surface area contributed by atoms with Crippen molar-refractivity contribution in [1.82, 2.24) is 0 Å².